The van der Waals surface area contributed by atoms with E-state index < -0.39 is 0 Å². The van der Waals surface area contributed by atoms with Crippen LogP contribution in [-0.2, 0) is 6.54 Å². The number of carbonyl (C=O) groups excluding carboxylic acids is 1. The molecule has 1 saturated heterocycles. The van der Waals surface area contributed by atoms with Crippen LogP contribution in [0.25, 0.3) is 0 Å². The van der Waals surface area contributed by atoms with Gasteiger partial charge in [-0.15, -0.1) is 5.10 Å². The minimum absolute atomic E-state index is 0.245. The number of amides is 1. The van der Waals surface area contributed by atoms with Crippen molar-refractivity contribution in [3.63, 3.8) is 0 Å². The van der Waals surface area contributed by atoms with Crippen LogP contribution < -0.4 is 10.6 Å². The zero-order chi connectivity index (χ0) is 12.4. The Morgan fingerprint density at radius 3 is 3.17 bits per heavy atom. The fraction of sp³-hybridized carbons (Fsp3) is 0.364. The Balaban J connectivity index is 1.59. The van der Waals surface area contributed by atoms with Gasteiger partial charge in [0.15, 0.2) is 5.69 Å². The first-order valence-corrected chi connectivity index (χ1v) is 5.76. The molecule has 94 valence electrons. The second kappa shape index (κ2) is 4.61. The first kappa shape index (κ1) is 11.0. The zero-order valence-corrected chi connectivity index (χ0v) is 9.67. The lowest BCUT2D eigenvalue weighted by molar-refractivity contribution is 0.0943. The number of aromatic nitrogens is 3. The highest BCUT2D eigenvalue weighted by Gasteiger charge is 2.21. The summed E-state index contributed by atoms with van der Waals surface area (Å²) in [6, 6.07) is 3.89. The molecule has 2 aromatic heterocycles. The molecule has 0 atom stereocenters. The molecule has 0 bridgehead atoms. The van der Waals surface area contributed by atoms with Gasteiger partial charge in [-0.1, -0.05) is 5.21 Å². The van der Waals surface area contributed by atoms with Crippen molar-refractivity contribution in [3.05, 3.63) is 36.0 Å². The molecule has 3 rings (SSSR count). The summed E-state index contributed by atoms with van der Waals surface area (Å²) in [4.78, 5) is 11.8. The van der Waals surface area contributed by atoms with Crippen molar-refractivity contribution in [2.75, 3.05) is 13.1 Å². The summed E-state index contributed by atoms with van der Waals surface area (Å²) < 4.78 is 6.85. The van der Waals surface area contributed by atoms with E-state index in [9.17, 15) is 4.79 Å². The molecule has 7 heteroatoms. The molecule has 7 nitrogen and oxygen atoms in total. The first-order valence-electron chi connectivity index (χ1n) is 5.76. The van der Waals surface area contributed by atoms with Crippen molar-refractivity contribution in [1.29, 1.82) is 0 Å². The van der Waals surface area contributed by atoms with Crippen LogP contribution in [0.3, 0.4) is 0 Å². The van der Waals surface area contributed by atoms with Gasteiger partial charge in [-0.2, -0.15) is 0 Å². The van der Waals surface area contributed by atoms with E-state index in [1.807, 2.05) is 0 Å². The number of carbonyl (C=O) groups is 1. The third-order valence-electron chi connectivity index (χ3n) is 2.88. The number of nitrogens with zero attached hydrogens (tertiary/aromatic N) is 3. The maximum absolute atomic E-state index is 11.8. The Kier molecular flexibility index (Phi) is 2.81. The van der Waals surface area contributed by atoms with E-state index in [1.165, 1.54) is 0 Å². The van der Waals surface area contributed by atoms with Crippen LogP contribution in [0.1, 0.15) is 22.3 Å². The maximum Gasteiger partial charge on any atom is 0.273 e. The SMILES string of the molecule is O=C(NCc1ccco1)c1cn(C2CNC2)nn1. The number of rotatable bonds is 4. The van der Waals surface area contributed by atoms with Crippen molar-refractivity contribution in [2.45, 2.75) is 12.6 Å². The lowest BCUT2D eigenvalue weighted by Gasteiger charge is -2.26. The average Bonchev–Trinajstić information content (AvgIpc) is 2.94. The molecule has 0 aromatic carbocycles. The standard InChI is InChI=1S/C11H13N5O2/c17-11(13-6-9-2-1-3-18-9)10-7-16(15-14-10)8-4-12-5-8/h1-3,7-8,12H,4-6H2,(H,13,17). The van der Waals surface area contributed by atoms with Crippen LogP contribution in [0.15, 0.2) is 29.0 Å². The van der Waals surface area contributed by atoms with Gasteiger partial charge < -0.3 is 15.1 Å². The fourth-order valence-electron chi connectivity index (χ4n) is 1.69. The van der Waals surface area contributed by atoms with Gasteiger partial charge in [-0.3, -0.25) is 4.79 Å². The molecule has 0 saturated carbocycles. The van der Waals surface area contributed by atoms with Gasteiger partial charge in [0.1, 0.15) is 5.76 Å². The third kappa shape index (κ3) is 2.12. The third-order valence-corrected chi connectivity index (χ3v) is 2.88. The molecule has 18 heavy (non-hydrogen) atoms. The Morgan fingerprint density at radius 2 is 2.50 bits per heavy atom. The summed E-state index contributed by atoms with van der Waals surface area (Å²) in [5.41, 5.74) is 0.327. The minimum Gasteiger partial charge on any atom is -0.467 e. The number of nitrogens with one attached hydrogen (secondary N) is 2. The fourth-order valence-corrected chi connectivity index (χ4v) is 1.69. The molecule has 0 aliphatic carbocycles. The second-order valence-corrected chi connectivity index (χ2v) is 4.16. The van der Waals surface area contributed by atoms with Crippen LogP contribution in [0.4, 0.5) is 0 Å². The van der Waals surface area contributed by atoms with Crippen LogP contribution in [0.5, 0.6) is 0 Å². The summed E-state index contributed by atoms with van der Waals surface area (Å²) in [5, 5.41) is 13.7. The van der Waals surface area contributed by atoms with Crippen molar-refractivity contribution < 1.29 is 9.21 Å². The van der Waals surface area contributed by atoms with E-state index in [0.29, 0.717) is 24.0 Å². The molecule has 3 heterocycles. The molecule has 2 aromatic rings. The quantitative estimate of drug-likeness (QED) is 0.791. The second-order valence-electron chi connectivity index (χ2n) is 4.16. The highest BCUT2D eigenvalue weighted by molar-refractivity contribution is 5.91. The summed E-state index contributed by atoms with van der Waals surface area (Å²) in [5.74, 6) is 0.462. The highest BCUT2D eigenvalue weighted by Crippen LogP contribution is 2.09. The smallest absolute Gasteiger partial charge is 0.273 e. The van der Waals surface area contributed by atoms with Crippen LogP contribution >= 0.6 is 0 Å². The Bertz CT molecular complexity index is 529. The molecular weight excluding hydrogens is 234 g/mol. The van der Waals surface area contributed by atoms with Gasteiger partial charge in [0.2, 0.25) is 0 Å². The van der Waals surface area contributed by atoms with Gasteiger partial charge in [0.05, 0.1) is 25.0 Å². The average molecular weight is 247 g/mol. The van der Waals surface area contributed by atoms with Gasteiger partial charge in [-0.05, 0) is 12.1 Å². The van der Waals surface area contributed by atoms with Gasteiger partial charge in [0.25, 0.3) is 5.91 Å². The van der Waals surface area contributed by atoms with E-state index in [4.69, 9.17) is 4.42 Å². The van der Waals surface area contributed by atoms with Gasteiger partial charge >= 0.3 is 0 Å². The van der Waals surface area contributed by atoms with Crippen molar-refractivity contribution in [2.24, 2.45) is 0 Å². The number of hydrogen-bond acceptors (Lipinski definition) is 5. The largest absolute Gasteiger partial charge is 0.467 e. The minimum atomic E-state index is -0.245. The Hall–Kier alpha value is -2.15. The molecule has 1 aliphatic rings. The van der Waals surface area contributed by atoms with Crippen molar-refractivity contribution in [1.82, 2.24) is 25.6 Å². The molecule has 2 N–H and O–H groups in total. The predicted octanol–water partition coefficient (Wildman–Crippen LogP) is -0.0546. The van der Waals surface area contributed by atoms with Crippen molar-refractivity contribution in [3.8, 4) is 0 Å². The van der Waals surface area contributed by atoms with E-state index in [2.05, 4.69) is 20.9 Å². The number of furan rings is 1. The maximum atomic E-state index is 11.8. The molecule has 0 spiro atoms. The molecule has 0 unspecified atom stereocenters. The van der Waals surface area contributed by atoms with E-state index >= 15 is 0 Å². The lowest BCUT2D eigenvalue weighted by Crippen LogP contribution is -2.43. The first-order chi connectivity index (χ1) is 8.83. The number of hydrogen-bond donors (Lipinski definition) is 2. The predicted molar refractivity (Wildman–Crippen MR) is 61.8 cm³/mol. The summed E-state index contributed by atoms with van der Waals surface area (Å²) in [7, 11) is 0. The normalized spacial score (nSPS) is 15.3. The highest BCUT2D eigenvalue weighted by atomic mass is 16.3. The monoisotopic (exact) mass is 247 g/mol. The van der Waals surface area contributed by atoms with Crippen LogP contribution in [-0.4, -0.2) is 34.0 Å². The van der Waals surface area contributed by atoms with E-state index in [1.54, 1.807) is 29.3 Å². The summed E-state index contributed by atoms with van der Waals surface area (Å²) >= 11 is 0. The van der Waals surface area contributed by atoms with Crippen LogP contribution in [0.2, 0.25) is 0 Å². The van der Waals surface area contributed by atoms with Crippen molar-refractivity contribution >= 4 is 5.91 Å². The Labute approximate surface area is 103 Å². The topological polar surface area (TPSA) is 85.0 Å². The zero-order valence-electron chi connectivity index (χ0n) is 9.67. The van der Waals surface area contributed by atoms with Gasteiger partial charge in [0, 0.05) is 13.1 Å². The van der Waals surface area contributed by atoms with Crippen LogP contribution in [0, 0.1) is 0 Å². The van der Waals surface area contributed by atoms with E-state index in [-0.39, 0.29) is 5.91 Å². The molecule has 1 aliphatic heterocycles. The molecule has 1 amide bonds. The molecule has 1 fully saturated rings. The molecule has 0 radical (unpaired) electrons. The van der Waals surface area contributed by atoms with E-state index in [0.717, 1.165) is 13.1 Å². The summed E-state index contributed by atoms with van der Waals surface area (Å²) in [6.45, 7) is 2.09. The lowest BCUT2D eigenvalue weighted by atomic mass is 10.2. The Morgan fingerprint density at radius 1 is 1.61 bits per heavy atom. The summed E-state index contributed by atoms with van der Waals surface area (Å²) in [6.07, 6.45) is 3.24. The van der Waals surface area contributed by atoms with Gasteiger partial charge in [-0.25, -0.2) is 4.68 Å². The molecular formula is C11H13N5O2.